The Morgan fingerprint density at radius 2 is 2.00 bits per heavy atom. The molecule has 124 valence electrons. The first-order valence-electron chi connectivity index (χ1n) is 8.92. The Bertz CT molecular complexity index is 496. The Kier molecular flexibility index (Phi) is 3.85. The van der Waals surface area contributed by atoms with Crippen LogP contribution in [0.25, 0.3) is 0 Å². The van der Waals surface area contributed by atoms with Crippen LogP contribution in [0.3, 0.4) is 0 Å². The van der Waals surface area contributed by atoms with E-state index in [9.17, 15) is 10.2 Å². The van der Waals surface area contributed by atoms with Gasteiger partial charge in [0.15, 0.2) is 0 Å². The molecule has 0 heterocycles. The van der Waals surface area contributed by atoms with Crippen LogP contribution >= 0.6 is 0 Å². The third-order valence-electron chi connectivity index (χ3n) is 7.62. The maximum Gasteiger partial charge on any atom is 0.0655 e. The molecule has 0 spiro atoms. The van der Waals surface area contributed by atoms with Crippen LogP contribution in [0.2, 0.25) is 0 Å². The van der Waals surface area contributed by atoms with Crippen molar-refractivity contribution in [2.45, 2.75) is 65.4 Å². The molecule has 2 fully saturated rings. The predicted octanol–water partition coefficient (Wildman–Crippen LogP) is 4.08. The van der Waals surface area contributed by atoms with Crippen molar-refractivity contribution < 1.29 is 10.2 Å². The van der Waals surface area contributed by atoms with Crippen molar-refractivity contribution >= 4 is 0 Å². The summed E-state index contributed by atoms with van der Waals surface area (Å²) in [5.74, 6) is 1.06. The maximum absolute atomic E-state index is 10.5. The van der Waals surface area contributed by atoms with E-state index in [2.05, 4.69) is 39.5 Å². The van der Waals surface area contributed by atoms with Crippen molar-refractivity contribution in [3.63, 3.8) is 0 Å². The largest absolute Gasteiger partial charge is 0.396 e. The topological polar surface area (TPSA) is 40.5 Å². The lowest BCUT2D eigenvalue weighted by molar-refractivity contribution is -0.0741. The van der Waals surface area contributed by atoms with Crippen molar-refractivity contribution in [1.29, 1.82) is 0 Å². The van der Waals surface area contributed by atoms with Gasteiger partial charge in [0.25, 0.3) is 0 Å². The van der Waals surface area contributed by atoms with Crippen molar-refractivity contribution in [2.24, 2.45) is 28.1 Å². The van der Waals surface area contributed by atoms with Gasteiger partial charge in [-0.3, -0.25) is 0 Å². The molecule has 0 aromatic rings. The molecule has 0 aromatic heterocycles. The summed E-state index contributed by atoms with van der Waals surface area (Å²) in [6.07, 6.45) is 10.7. The van der Waals surface area contributed by atoms with Crippen LogP contribution < -0.4 is 0 Å². The van der Waals surface area contributed by atoms with Gasteiger partial charge in [0.2, 0.25) is 0 Å². The average molecular weight is 304 g/mol. The molecule has 2 saturated carbocycles. The molecule has 3 rings (SSSR count). The number of aliphatic hydroxyl groups excluding tert-OH is 2. The number of fused-ring (bicyclic) bond motifs is 3. The highest BCUT2D eigenvalue weighted by molar-refractivity contribution is 5.29. The molecule has 0 radical (unpaired) electrons. The molecule has 2 heteroatoms. The maximum atomic E-state index is 10.5. The van der Waals surface area contributed by atoms with Crippen LogP contribution in [0, 0.1) is 28.1 Å². The number of rotatable bonds is 2. The second kappa shape index (κ2) is 5.21. The predicted molar refractivity (Wildman–Crippen MR) is 90.4 cm³/mol. The lowest BCUT2D eigenvalue weighted by Crippen LogP contribution is -2.53. The molecular weight excluding hydrogens is 272 g/mol. The molecule has 2 N–H and O–H groups in total. The normalized spacial score (nSPS) is 51.5. The van der Waals surface area contributed by atoms with Crippen molar-refractivity contribution in [1.82, 2.24) is 0 Å². The van der Waals surface area contributed by atoms with Gasteiger partial charge in [-0.15, -0.1) is 6.58 Å². The zero-order valence-corrected chi connectivity index (χ0v) is 14.4. The van der Waals surface area contributed by atoms with Crippen LogP contribution in [0.4, 0.5) is 0 Å². The second-order valence-corrected chi connectivity index (χ2v) is 8.88. The van der Waals surface area contributed by atoms with Gasteiger partial charge in [-0.2, -0.15) is 0 Å². The smallest absolute Gasteiger partial charge is 0.0655 e. The van der Waals surface area contributed by atoms with Gasteiger partial charge >= 0.3 is 0 Å². The summed E-state index contributed by atoms with van der Waals surface area (Å²) in [5, 5.41) is 20.4. The molecule has 3 aliphatic carbocycles. The monoisotopic (exact) mass is 304 g/mol. The molecule has 2 nitrogen and oxygen atoms in total. The Labute approximate surface area is 135 Å². The van der Waals surface area contributed by atoms with E-state index in [1.54, 1.807) is 0 Å². The Balaban J connectivity index is 1.95. The Morgan fingerprint density at radius 3 is 2.64 bits per heavy atom. The fraction of sp³-hybridized carbons (Fsp3) is 0.800. The van der Waals surface area contributed by atoms with Gasteiger partial charge in [-0.1, -0.05) is 38.5 Å². The van der Waals surface area contributed by atoms with Crippen LogP contribution in [0.15, 0.2) is 24.3 Å². The number of hydrogen-bond acceptors (Lipinski definition) is 2. The fourth-order valence-corrected chi connectivity index (χ4v) is 5.56. The first-order chi connectivity index (χ1) is 10.3. The quantitative estimate of drug-likeness (QED) is 0.755. The highest BCUT2D eigenvalue weighted by Gasteiger charge is 2.55. The minimum absolute atomic E-state index is 0.0846. The van der Waals surface area contributed by atoms with E-state index in [1.165, 1.54) is 31.3 Å². The van der Waals surface area contributed by atoms with E-state index in [0.29, 0.717) is 18.3 Å². The van der Waals surface area contributed by atoms with Crippen LogP contribution in [0.5, 0.6) is 0 Å². The van der Waals surface area contributed by atoms with E-state index in [1.807, 2.05) is 0 Å². The summed E-state index contributed by atoms with van der Waals surface area (Å²) in [7, 11) is 0. The van der Waals surface area contributed by atoms with E-state index in [-0.39, 0.29) is 22.9 Å². The zero-order valence-electron chi connectivity index (χ0n) is 14.4. The number of hydrogen-bond donors (Lipinski definition) is 2. The van der Waals surface area contributed by atoms with Gasteiger partial charge in [0.05, 0.1) is 12.7 Å². The van der Waals surface area contributed by atoms with Crippen molar-refractivity contribution in [2.75, 3.05) is 6.61 Å². The van der Waals surface area contributed by atoms with E-state index < -0.39 is 6.10 Å². The SMILES string of the molecule is C=C[C@@]1(C)CC[C@]2(C)C3=CC[C@@H](O)[C@@](C)(CO)[C@H]3CC[C@H]2C1. The summed E-state index contributed by atoms with van der Waals surface area (Å²) in [5.41, 5.74) is 1.71. The second-order valence-electron chi connectivity index (χ2n) is 8.88. The lowest BCUT2D eigenvalue weighted by Gasteiger charge is -2.59. The van der Waals surface area contributed by atoms with E-state index >= 15 is 0 Å². The highest BCUT2D eigenvalue weighted by atomic mass is 16.3. The molecule has 0 saturated heterocycles. The van der Waals surface area contributed by atoms with Gasteiger partial charge in [0, 0.05) is 5.41 Å². The van der Waals surface area contributed by atoms with Gasteiger partial charge in [-0.05, 0) is 61.2 Å². The minimum Gasteiger partial charge on any atom is -0.396 e. The van der Waals surface area contributed by atoms with Crippen LogP contribution in [-0.4, -0.2) is 22.9 Å². The molecule has 22 heavy (non-hydrogen) atoms. The first kappa shape index (κ1) is 16.3. The number of allylic oxidation sites excluding steroid dienone is 2. The summed E-state index contributed by atoms with van der Waals surface area (Å²) in [6.45, 7) is 11.0. The summed E-state index contributed by atoms with van der Waals surface area (Å²) in [6, 6.07) is 0. The first-order valence-corrected chi connectivity index (χ1v) is 8.92. The van der Waals surface area contributed by atoms with Gasteiger partial charge in [-0.25, -0.2) is 0 Å². The van der Waals surface area contributed by atoms with Gasteiger partial charge < -0.3 is 10.2 Å². The average Bonchev–Trinajstić information content (AvgIpc) is 2.51. The minimum atomic E-state index is -0.409. The Morgan fingerprint density at radius 1 is 1.27 bits per heavy atom. The Hall–Kier alpha value is -0.600. The summed E-state index contributed by atoms with van der Waals surface area (Å²) < 4.78 is 0. The zero-order chi connectivity index (χ0) is 16.2. The molecule has 0 aliphatic heterocycles. The summed E-state index contributed by atoms with van der Waals surface area (Å²) in [4.78, 5) is 0. The molecule has 0 unspecified atom stereocenters. The van der Waals surface area contributed by atoms with Crippen LogP contribution in [-0.2, 0) is 0 Å². The van der Waals surface area contributed by atoms with E-state index in [4.69, 9.17) is 0 Å². The van der Waals surface area contributed by atoms with Gasteiger partial charge in [0.1, 0.15) is 0 Å². The molecule has 0 amide bonds. The van der Waals surface area contributed by atoms with Crippen molar-refractivity contribution in [3.05, 3.63) is 24.3 Å². The molecule has 6 atom stereocenters. The molecule has 0 aromatic carbocycles. The molecule has 3 aliphatic rings. The fourth-order valence-electron chi connectivity index (χ4n) is 5.56. The van der Waals surface area contributed by atoms with Crippen molar-refractivity contribution in [3.8, 4) is 0 Å². The van der Waals surface area contributed by atoms with E-state index in [0.717, 1.165) is 6.42 Å². The number of aliphatic hydroxyl groups is 2. The third kappa shape index (κ3) is 2.14. The highest BCUT2D eigenvalue weighted by Crippen LogP contribution is 2.63. The lowest BCUT2D eigenvalue weighted by atomic mass is 9.46. The summed E-state index contributed by atoms with van der Waals surface area (Å²) >= 11 is 0. The molecule has 0 bridgehead atoms. The standard InChI is InChI=1S/C20H32O2/c1-5-18(2)10-11-19(3)14(12-18)6-7-16-15(19)8-9-17(22)20(16,4)13-21/h5,8,14,16-17,21-22H,1,6-7,9-13H2,2-4H3/t14-,16-,17+,18-,19-,20-/m0/s1. The van der Waals surface area contributed by atoms with Crippen LogP contribution in [0.1, 0.15) is 59.3 Å². The third-order valence-corrected chi connectivity index (χ3v) is 7.62. The molecular formula is C20H32O2.